The third-order valence-corrected chi connectivity index (χ3v) is 7.49. The molecular weight excluding hydrogens is 418 g/mol. The summed E-state index contributed by atoms with van der Waals surface area (Å²) < 4.78 is 53.0. The van der Waals surface area contributed by atoms with Crippen molar-refractivity contribution in [3.05, 3.63) is 23.8 Å². The molecule has 2 rings (SSSR count). The molecule has 0 spiro atoms. The number of phenolic OH excluding ortho intramolecular Hbond substituents is 1. The first-order chi connectivity index (χ1) is 13.6. The first-order valence-electron chi connectivity index (χ1n) is 9.77. The third kappa shape index (κ3) is 7.16. The smallest absolute Gasteiger partial charge is 0.326 e. The molecule has 1 aromatic carbocycles. The summed E-state index contributed by atoms with van der Waals surface area (Å²) in [4.78, 5) is 11.3. The Hall–Kier alpha value is -1.85. The van der Waals surface area contributed by atoms with Crippen LogP contribution in [0.15, 0.2) is 18.2 Å². The van der Waals surface area contributed by atoms with Crippen LogP contribution in [0.3, 0.4) is 0 Å². The third-order valence-electron chi connectivity index (χ3n) is 4.63. The minimum absolute atomic E-state index is 0.00393. The zero-order valence-electron chi connectivity index (χ0n) is 16.6. The predicted octanol–water partition coefficient (Wildman–Crippen LogP) is 1.40. The molecule has 0 aromatic heterocycles. The monoisotopic (exact) mass is 447 g/mol. The van der Waals surface area contributed by atoms with Gasteiger partial charge in [-0.25, -0.2) is 22.2 Å². The zero-order chi connectivity index (χ0) is 21.5. The van der Waals surface area contributed by atoms with Crippen LogP contribution in [0.2, 0.25) is 0 Å². The largest absolute Gasteiger partial charge is 0.506 e. The van der Waals surface area contributed by atoms with Crippen molar-refractivity contribution < 1.29 is 26.7 Å². The average Bonchev–Trinajstić information content (AvgIpc) is 2.90. The first kappa shape index (κ1) is 23.4. The Morgan fingerprint density at radius 3 is 2.48 bits per heavy atom. The van der Waals surface area contributed by atoms with E-state index in [1.54, 1.807) is 6.07 Å². The van der Waals surface area contributed by atoms with Crippen molar-refractivity contribution in [2.45, 2.75) is 51.9 Å². The van der Waals surface area contributed by atoms with Gasteiger partial charge in [0.25, 0.3) is 5.91 Å². The topological polar surface area (TPSA) is 133 Å². The molecule has 1 heterocycles. The normalized spacial score (nSPS) is 16.2. The van der Waals surface area contributed by atoms with Crippen LogP contribution in [0.1, 0.15) is 51.0 Å². The van der Waals surface area contributed by atoms with E-state index in [1.807, 2.05) is 4.72 Å². The number of anilines is 1. The second kappa shape index (κ2) is 10.3. The number of hydrogen-bond donors (Lipinski definition) is 3. The van der Waals surface area contributed by atoms with Crippen molar-refractivity contribution in [1.29, 1.82) is 0 Å². The van der Waals surface area contributed by atoms with Crippen molar-refractivity contribution in [2.75, 3.05) is 23.1 Å². The summed E-state index contributed by atoms with van der Waals surface area (Å²) in [6.45, 7) is 1.92. The predicted molar refractivity (Wildman–Crippen MR) is 111 cm³/mol. The fraction of sp³-hybridized carbons (Fsp3) is 0.611. The van der Waals surface area contributed by atoms with Gasteiger partial charge in [0.2, 0.25) is 10.0 Å². The highest BCUT2D eigenvalue weighted by Gasteiger charge is 2.35. The molecule has 11 heteroatoms. The number of nitrogens with one attached hydrogen (secondary N) is 2. The summed E-state index contributed by atoms with van der Waals surface area (Å²) in [6, 6.07) is 4.36. The van der Waals surface area contributed by atoms with E-state index in [4.69, 9.17) is 0 Å². The molecule has 9 nitrogen and oxygen atoms in total. The Morgan fingerprint density at radius 2 is 1.86 bits per heavy atom. The summed E-state index contributed by atoms with van der Waals surface area (Å²) in [7, 11) is -7.34. The number of sulfonamides is 1. The van der Waals surface area contributed by atoms with Gasteiger partial charge in [-0.15, -0.1) is 0 Å². The molecule has 0 unspecified atom stereocenters. The molecule has 0 aliphatic carbocycles. The van der Waals surface area contributed by atoms with Gasteiger partial charge in [0.15, 0.2) is 0 Å². The Labute approximate surface area is 172 Å². The van der Waals surface area contributed by atoms with Crippen molar-refractivity contribution in [3.63, 3.8) is 0 Å². The molecule has 3 N–H and O–H groups in total. The van der Waals surface area contributed by atoms with E-state index in [2.05, 4.69) is 11.6 Å². The van der Waals surface area contributed by atoms with E-state index in [1.165, 1.54) is 18.6 Å². The van der Waals surface area contributed by atoms with E-state index < -0.39 is 32.7 Å². The fourth-order valence-corrected chi connectivity index (χ4v) is 5.40. The Balaban J connectivity index is 1.82. The number of carbonyl (C=O) groups is 1. The first-order valence-corrected chi connectivity index (χ1v) is 12.9. The lowest BCUT2D eigenvalue weighted by Crippen LogP contribution is -2.29. The summed E-state index contributed by atoms with van der Waals surface area (Å²) in [5, 5.41) is 10.2. The molecule has 29 heavy (non-hydrogen) atoms. The average molecular weight is 448 g/mol. The lowest BCUT2D eigenvalue weighted by molar-refractivity contribution is -0.117. The molecule has 0 atom stereocenters. The van der Waals surface area contributed by atoms with Gasteiger partial charge < -0.3 is 5.11 Å². The van der Waals surface area contributed by atoms with Crippen LogP contribution in [0, 0.1) is 0 Å². The van der Waals surface area contributed by atoms with Gasteiger partial charge in [0.05, 0.1) is 11.4 Å². The molecular formula is C18H29N3O6S2. The van der Waals surface area contributed by atoms with Gasteiger partial charge >= 0.3 is 10.2 Å². The molecule has 1 aromatic rings. The highest BCUT2D eigenvalue weighted by molar-refractivity contribution is 7.92. The summed E-state index contributed by atoms with van der Waals surface area (Å²) >= 11 is 0. The van der Waals surface area contributed by atoms with Gasteiger partial charge in [-0.3, -0.25) is 4.79 Å². The number of aromatic hydroxyl groups is 1. The Bertz CT molecular complexity index is 916. The molecule has 0 bridgehead atoms. The van der Waals surface area contributed by atoms with Gasteiger partial charge in [-0.1, -0.05) is 45.1 Å². The van der Waals surface area contributed by atoms with Crippen LogP contribution in [-0.2, 0) is 31.4 Å². The van der Waals surface area contributed by atoms with Crippen LogP contribution in [0.25, 0.3) is 0 Å². The van der Waals surface area contributed by atoms with E-state index in [0.29, 0.717) is 18.4 Å². The number of rotatable bonds is 12. The van der Waals surface area contributed by atoms with Crippen LogP contribution in [0.4, 0.5) is 5.69 Å². The van der Waals surface area contributed by atoms with Gasteiger partial charge in [0, 0.05) is 6.54 Å². The number of amides is 1. The number of carbonyl (C=O) groups excluding carboxylic acids is 1. The van der Waals surface area contributed by atoms with Crippen molar-refractivity contribution in [3.8, 4) is 5.75 Å². The van der Waals surface area contributed by atoms with Crippen LogP contribution < -0.4 is 13.7 Å². The van der Waals surface area contributed by atoms with Gasteiger partial charge in [0.1, 0.15) is 12.3 Å². The molecule has 1 fully saturated rings. The second-order valence-corrected chi connectivity index (χ2v) is 10.6. The number of benzene rings is 1. The lowest BCUT2D eigenvalue weighted by Gasteiger charge is -2.16. The number of hydrogen-bond acceptors (Lipinski definition) is 6. The number of unbranched alkanes of at least 4 members (excludes halogenated alkanes) is 5. The highest BCUT2D eigenvalue weighted by atomic mass is 32.2. The van der Waals surface area contributed by atoms with Crippen molar-refractivity contribution in [1.82, 2.24) is 9.44 Å². The molecule has 1 saturated heterocycles. The molecule has 0 radical (unpaired) electrons. The second-order valence-electron chi connectivity index (χ2n) is 7.09. The summed E-state index contributed by atoms with van der Waals surface area (Å²) in [6.07, 6.45) is 6.37. The Morgan fingerprint density at radius 1 is 1.17 bits per heavy atom. The highest BCUT2D eigenvalue weighted by Crippen LogP contribution is 2.31. The Kier molecular flexibility index (Phi) is 8.29. The molecule has 164 valence electrons. The molecule has 0 saturated carbocycles. The van der Waals surface area contributed by atoms with Crippen molar-refractivity contribution in [2.24, 2.45) is 0 Å². The van der Waals surface area contributed by atoms with E-state index in [9.17, 15) is 26.7 Å². The summed E-state index contributed by atoms with van der Waals surface area (Å²) in [5.41, 5.74) is 0.639. The van der Waals surface area contributed by atoms with E-state index in [-0.39, 0.29) is 23.7 Å². The van der Waals surface area contributed by atoms with Gasteiger partial charge in [-0.05, 0) is 30.5 Å². The van der Waals surface area contributed by atoms with Crippen molar-refractivity contribution >= 4 is 31.8 Å². The van der Waals surface area contributed by atoms with E-state index in [0.717, 1.165) is 30.0 Å². The van der Waals surface area contributed by atoms with Crippen LogP contribution in [-0.4, -0.2) is 46.7 Å². The maximum atomic E-state index is 12.0. The fourth-order valence-electron chi connectivity index (χ4n) is 3.09. The molecule has 1 amide bonds. The van der Waals surface area contributed by atoms with E-state index >= 15 is 0 Å². The minimum atomic E-state index is -4.00. The molecule has 1 aliphatic rings. The van der Waals surface area contributed by atoms with Crippen LogP contribution >= 0.6 is 0 Å². The zero-order valence-corrected chi connectivity index (χ0v) is 18.2. The van der Waals surface area contributed by atoms with Gasteiger partial charge in [-0.2, -0.15) is 8.42 Å². The quantitative estimate of drug-likeness (QED) is 0.415. The lowest BCUT2D eigenvalue weighted by atomic mass is 10.1. The number of nitrogens with zero attached hydrogens (tertiary/aromatic N) is 1. The standard InChI is InChI=1S/C18H29N3O6S2/c1-2-3-4-5-6-7-12-28(24,25)19-11-10-15-8-9-16(17(22)13-15)21-14-18(23)20-29(21,26)27/h8-9,13,19,22H,2-7,10-12,14H2,1H3,(H,20,23). The maximum absolute atomic E-state index is 12.0. The SMILES string of the molecule is CCCCCCCCS(=O)(=O)NCCc1ccc(N2CC(=O)NS2(=O)=O)c(O)c1. The number of phenols is 1. The maximum Gasteiger partial charge on any atom is 0.326 e. The summed E-state index contributed by atoms with van der Waals surface area (Å²) in [5.74, 6) is -0.872. The molecule has 1 aliphatic heterocycles. The minimum Gasteiger partial charge on any atom is -0.506 e. The van der Waals surface area contributed by atoms with Crippen LogP contribution in [0.5, 0.6) is 5.75 Å².